The summed E-state index contributed by atoms with van der Waals surface area (Å²) >= 11 is 0. The molecule has 0 aromatic heterocycles. The van der Waals surface area contributed by atoms with Gasteiger partial charge in [-0.1, -0.05) is 0 Å². The maximum Gasteiger partial charge on any atom is 0.130 e. The molecule has 3 nitrogen and oxygen atoms in total. The van der Waals surface area contributed by atoms with Crippen LogP contribution in [0.15, 0.2) is 12.1 Å². The van der Waals surface area contributed by atoms with Crippen LogP contribution in [0.4, 0.5) is 4.39 Å². The zero-order valence-corrected chi connectivity index (χ0v) is 8.34. The Kier molecular flexibility index (Phi) is 3.85. The number of rotatable bonds is 4. The number of hydrogen-bond acceptors (Lipinski definition) is 3. The Balaban J connectivity index is 2.90. The van der Waals surface area contributed by atoms with E-state index in [1.165, 1.54) is 13.2 Å². The first-order chi connectivity index (χ1) is 6.69. The molecule has 0 atom stereocenters. The average Bonchev–Trinajstić information content (AvgIpc) is 2.18. The Morgan fingerprint density at radius 1 is 1.43 bits per heavy atom. The van der Waals surface area contributed by atoms with Gasteiger partial charge in [-0.15, -0.1) is 0 Å². The molecule has 2 N–H and O–H groups in total. The van der Waals surface area contributed by atoms with Crippen molar-refractivity contribution in [1.29, 1.82) is 0 Å². The fourth-order valence-corrected chi connectivity index (χ4v) is 1.30. The van der Waals surface area contributed by atoms with Gasteiger partial charge >= 0.3 is 0 Å². The van der Waals surface area contributed by atoms with Crippen molar-refractivity contribution in [2.45, 2.75) is 13.3 Å². The summed E-state index contributed by atoms with van der Waals surface area (Å²) in [5.74, 6) is 5.14. The second-order valence-electron chi connectivity index (χ2n) is 3.03. The predicted octanol–water partition coefficient (Wildman–Crippen LogP) is 1.58. The van der Waals surface area contributed by atoms with Gasteiger partial charge in [0.15, 0.2) is 0 Å². The first-order valence-electron chi connectivity index (χ1n) is 4.33. The fourth-order valence-electron chi connectivity index (χ4n) is 1.30. The van der Waals surface area contributed by atoms with E-state index in [0.29, 0.717) is 24.3 Å². The van der Waals surface area contributed by atoms with Gasteiger partial charge in [0.25, 0.3) is 0 Å². The number of methoxy groups -OCH3 is 1. The third-order valence-corrected chi connectivity index (χ3v) is 2.05. The van der Waals surface area contributed by atoms with Crippen molar-refractivity contribution in [2.75, 3.05) is 13.7 Å². The minimum atomic E-state index is -0.287. The van der Waals surface area contributed by atoms with E-state index in [-0.39, 0.29) is 5.82 Å². The van der Waals surface area contributed by atoms with Gasteiger partial charge in [0.05, 0.1) is 13.7 Å². The van der Waals surface area contributed by atoms with E-state index >= 15 is 0 Å². The number of halogens is 1. The topological polar surface area (TPSA) is 44.5 Å². The number of nitrogens with two attached hydrogens (primary N) is 1. The van der Waals surface area contributed by atoms with Crippen LogP contribution in [0.25, 0.3) is 0 Å². The average molecular weight is 199 g/mol. The summed E-state index contributed by atoms with van der Waals surface area (Å²) in [5.41, 5.74) is 1.50. The Hall–Kier alpha value is -1.13. The van der Waals surface area contributed by atoms with Gasteiger partial charge in [-0.2, -0.15) is 0 Å². The number of benzene rings is 1. The molecule has 0 heterocycles. The summed E-state index contributed by atoms with van der Waals surface area (Å²) in [6.45, 7) is 2.17. The van der Waals surface area contributed by atoms with Crippen molar-refractivity contribution < 1.29 is 14.0 Å². The van der Waals surface area contributed by atoms with Crippen LogP contribution in [0.5, 0.6) is 5.75 Å². The molecule has 4 heteroatoms. The van der Waals surface area contributed by atoms with Crippen LogP contribution < -0.4 is 10.6 Å². The Labute approximate surface area is 82.6 Å². The van der Waals surface area contributed by atoms with Crippen molar-refractivity contribution in [2.24, 2.45) is 5.90 Å². The maximum absolute atomic E-state index is 13.4. The summed E-state index contributed by atoms with van der Waals surface area (Å²) in [6.07, 6.45) is 0.465. The predicted molar refractivity (Wildman–Crippen MR) is 51.5 cm³/mol. The molecule has 0 radical (unpaired) electrons. The van der Waals surface area contributed by atoms with Crippen molar-refractivity contribution >= 4 is 0 Å². The smallest absolute Gasteiger partial charge is 0.130 e. The zero-order chi connectivity index (χ0) is 10.6. The third-order valence-electron chi connectivity index (χ3n) is 2.05. The van der Waals surface area contributed by atoms with E-state index < -0.39 is 0 Å². The first kappa shape index (κ1) is 10.9. The second-order valence-corrected chi connectivity index (χ2v) is 3.03. The molecule has 78 valence electrons. The van der Waals surface area contributed by atoms with Gasteiger partial charge in [-0.25, -0.2) is 10.3 Å². The maximum atomic E-state index is 13.4. The third kappa shape index (κ3) is 2.43. The van der Waals surface area contributed by atoms with Crippen molar-refractivity contribution in [3.8, 4) is 5.75 Å². The highest BCUT2D eigenvalue weighted by Gasteiger charge is 2.07. The standard InChI is InChI=1S/C10H14FNO2/c1-7-5-8(3-4-14-12)9(11)6-10(7)13-2/h5-6H,3-4,12H2,1-2H3. The fraction of sp³-hybridized carbons (Fsp3) is 0.400. The number of aryl methyl sites for hydroxylation is 1. The quantitative estimate of drug-likeness (QED) is 0.749. The lowest BCUT2D eigenvalue weighted by Crippen LogP contribution is -2.05. The van der Waals surface area contributed by atoms with Crippen LogP contribution in [0, 0.1) is 12.7 Å². The van der Waals surface area contributed by atoms with Crippen molar-refractivity contribution in [1.82, 2.24) is 0 Å². The SMILES string of the molecule is COc1cc(F)c(CCON)cc1C. The molecule has 0 aliphatic carbocycles. The Morgan fingerprint density at radius 2 is 2.14 bits per heavy atom. The molecule has 1 rings (SSSR count). The molecule has 14 heavy (non-hydrogen) atoms. The van der Waals surface area contributed by atoms with Crippen LogP contribution in [0.3, 0.4) is 0 Å². The van der Waals surface area contributed by atoms with E-state index in [9.17, 15) is 4.39 Å². The molecule has 0 amide bonds. The van der Waals surface area contributed by atoms with Crippen LogP contribution >= 0.6 is 0 Å². The minimum absolute atomic E-state index is 0.287. The molecule has 0 fully saturated rings. The largest absolute Gasteiger partial charge is 0.496 e. The van der Waals surface area contributed by atoms with Crippen LogP contribution in [-0.4, -0.2) is 13.7 Å². The lowest BCUT2D eigenvalue weighted by molar-refractivity contribution is 0.140. The molecule has 0 saturated heterocycles. The van der Waals surface area contributed by atoms with E-state index in [4.69, 9.17) is 10.6 Å². The molecule has 1 aromatic rings. The number of hydrogen-bond donors (Lipinski definition) is 1. The van der Waals surface area contributed by atoms with E-state index in [2.05, 4.69) is 4.84 Å². The molecule has 0 aliphatic rings. The molecule has 0 bridgehead atoms. The minimum Gasteiger partial charge on any atom is -0.496 e. The first-order valence-corrected chi connectivity index (χ1v) is 4.33. The van der Waals surface area contributed by atoms with Gasteiger partial charge in [-0.05, 0) is 24.1 Å². The summed E-state index contributed by atoms with van der Waals surface area (Å²) < 4.78 is 18.4. The van der Waals surface area contributed by atoms with E-state index in [1.807, 2.05) is 6.92 Å². The zero-order valence-electron chi connectivity index (χ0n) is 8.34. The number of ether oxygens (including phenoxy) is 1. The van der Waals surface area contributed by atoms with E-state index in [0.717, 1.165) is 5.56 Å². The van der Waals surface area contributed by atoms with Gasteiger partial charge in [0, 0.05) is 12.5 Å². The highest BCUT2D eigenvalue weighted by Crippen LogP contribution is 2.22. The highest BCUT2D eigenvalue weighted by atomic mass is 19.1. The summed E-state index contributed by atoms with van der Waals surface area (Å²) in [6, 6.07) is 3.12. The van der Waals surface area contributed by atoms with Crippen molar-refractivity contribution in [3.63, 3.8) is 0 Å². The molecule has 0 spiro atoms. The Bertz CT molecular complexity index is 315. The lowest BCUT2D eigenvalue weighted by Gasteiger charge is -2.08. The van der Waals surface area contributed by atoms with Gasteiger partial charge in [0.2, 0.25) is 0 Å². The normalized spacial score (nSPS) is 10.3. The van der Waals surface area contributed by atoms with Crippen LogP contribution in [0.2, 0.25) is 0 Å². The molecule has 0 saturated carbocycles. The summed E-state index contributed by atoms with van der Waals surface area (Å²) in [5, 5.41) is 0. The lowest BCUT2D eigenvalue weighted by atomic mass is 10.1. The molecule has 0 unspecified atom stereocenters. The Morgan fingerprint density at radius 3 is 2.71 bits per heavy atom. The summed E-state index contributed by atoms with van der Waals surface area (Å²) in [7, 11) is 1.52. The van der Waals surface area contributed by atoms with Crippen LogP contribution in [-0.2, 0) is 11.3 Å². The van der Waals surface area contributed by atoms with Crippen molar-refractivity contribution in [3.05, 3.63) is 29.1 Å². The second kappa shape index (κ2) is 4.93. The molecular formula is C10H14FNO2. The summed E-state index contributed by atoms with van der Waals surface area (Å²) in [4.78, 5) is 4.40. The van der Waals surface area contributed by atoms with Gasteiger partial charge in [-0.3, -0.25) is 0 Å². The molecule has 1 aromatic carbocycles. The highest BCUT2D eigenvalue weighted by molar-refractivity contribution is 5.37. The van der Waals surface area contributed by atoms with Gasteiger partial charge < -0.3 is 9.57 Å². The van der Waals surface area contributed by atoms with Crippen LogP contribution in [0.1, 0.15) is 11.1 Å². The monoisotopic (exact) mass is 199 g/mol. The molecular weight excluding hydrogens is 185 g/mol. The van der Waals surface area contributed by atoms with Gasteiger partial charge in [0.1, 0.15) is 11.6 Å². The molecule has 0 aliphatic heterocycles. The van der Waals surface area contributed by atoms with E-state index in [1.54, 1.807) is 6.07 Å².